The van der Waals surface area contributed by atoms with Crippen molar-refractivity contribution in [2.45, 2.75) is 13.5 Å². The molecule has 0 bridgehead atoms. The average Bonchev–Trinajstić information content (AvgIpc) is 2.70. The van der Waals surface area contributed by atoms with E-state index in [1.54, 1.807) is 37.3 Å². The molecule has 0 aliphatic carbocycles. The van der Waals surface area contributed by atoms with Gasteiger partial charge in [-0.1, -0.05) is 0 Å². The molecule has 0 fully saturated rings. The Labute approximate surface area is 173 Å². The van der Waals surface area contributed by atoms with Crippen molar-refractivity contribution in [3.8, 4) is 11.4 Å². The maximum atomic E-state index is 13.8. The number of carbonyl (C=O) groups is 1. The summed E-state index contributed by atoms with van der Waals surface area (Å²) in [6.07, 6.45) is 0. The quantitative estimate of drug-likeness (QED) is 0.520. The Hall–Kier alpha value is -3.00. The van der Waals surface area contributed by atoms with Crippen molar-refractivity contribution in [3.63, 3.8) is 0 Å². The van der Waals surface area contributed by atoms with Crippen LogP contribution in [0.2, 0.25) is 0 Å². The third kappa shape index (κ3) is 4.37. The van der Waals surface area contributed by atoms with Crippen LogP contribution >= 0.6 is 15.9 Å². The van der Waals surface area contributed by atoms with Crippen molar-refractivity contribution < 1.29 is 23.0 Å². The molecule has 0 aliphatic heterocycles. The van der Waals surface area contributed by atoms with Gasteiger partial charge in [-0.3, -0.25) is 9.36 Å². The number of halogens is 3. The molecule has 0 amide bonds. The van der Waals surface area contributed by atoms with Gasteiger partial charge < -0.3 is 9.47 Å². The molecule has 0 N–H and O–H groups in total. The molecule has 0 saturated carbocycles. The summed E-state index contributed by atoms with van der Waals surface area (Å²) in [5.74, 6) is -1.64. The maximum Gasteiger partial charge on any atom is 0.337 e. The molecular weight excluding hydrogens is 448 g/mol. The zero-order valence-corrected chi connectivity index (χ0v) is 17.1. The zero-order valence-electron chi connectivity index (χ0n) is 15.5. The molecule has 0 atom stereocenters. The molecule has 150 valence electrons. The van der Waals surface area contributed by atoms with Gasteiger partial charge in [-0.05, 0) is 59.3 Å². The van der Waals surface area contributed by atoms with E-state index in [4.69, 9.17) is 4.74 Å². The number of aryl methyl sites for hydroxylation is 1. The first-order valence-electron chi connectivity index (χ1n) is 8.49. The molecular formula is C21H16BrF2NO4. The highest BCUT2D eigenvalue weighted by molar-refractivity contribution is 9.10. The Bertz CT molecular complexity index is 1130. The van der Waals surface area contributed by atoms with Crippen LogP contribution in [0, 0.1) is 18.6 Å². The van der Waals surface area contributed by atoms with Gasteiger partial charge in [-0.15, -0.1) is 0 Å². The largest absolute Gasteiger partial charge is 0.487 e. The molecule has 1 aromatic heterocycles. The number of carbonyl (C=O) groups excluding carboxylic acids is 1. The van der Waals surface area contributed by atoms with Crippen molar-refractivity contribution in [1.82, 2.24) is 4.57 Å². The lowest BCUT2D eigenvalue weighted by atomic mass is 10.2. The fraction of sp³-hybridized carbons (Fsp3) is 0.143. The molecule has 3 rings (SSSR count). The lowest BCUT2D eigenvalue weighted by molar-refractivity contribution is 0.0600. The summed E-state index contributed by atoms with van der Waals surface area (Å²) in [7, 11) is 1.29. The molecule has 1 heterocycles. The third-order valence-electron chi connectivity index (χ3n) is 4.24. The highest BCUT2D eigenvalue weighted by atomic mass is 79.9. The summed E-state index contributed by atoms with van der Waals surface area (Å²) in [6.45, 7) is 1.55. The predicted octanol–water partition coefficient (Wildman–Crippen LogP) is 4.55. The van der Waals surface area contributed by atoms with Crippen molar-refractivity contribution in [2.24, 2.45) is 0 Å². The fourth-order valence-electron chi connectivity index (χ4n) is 2.77. The van der Waals surface area contributed by atoms with Crippen LogP contribution in [-0.4, -0.2) is 17.6 Å². The third-order valence-corrected chi connectivity index (χ3v) is 4.97. The molecule has 29 heavy (non-hydrogen) atoms. The van der Waals surface area contributed by atoms with Gasteiger partial charge in [-0.25, -0.2) is 13.6 Å². The molecule has 0 radical (unpaired) electrons. The summed E-state index contributed by atoms with van der Waals surface area (Å²) in [5.41, 5.74) is 1.27. The molecule has 3 aromatic rings. The normalized spacial score (nSPS) is 10.7. The van der Waals surface area contributed by atoms with Crippen LogP contribution in [0.25, 0.3) is 5.69 Å². The summed E-state index contributed by atoms with van der Waals surface area (Å²) in [5, 5.41) is 0. The Kier molecular flexibility index (Phi) is 6.12. The van der Waals surface area contributed by atoms with Gasteiger partial charge >= 0.3 is 5.97 Å². The zero-order chi connectivity index (χ0) is 21.1. The minimum absolute atomic E-state index is 0.155. The molecule has 0 unspecified atom stereocenters. The number of nitrogens with zero attached hydrogens (tertiary/aromatic N) is 1. The number of hydrogen-bond acceptors (Lipinski definition) is 4. The minimum atomic E-state index is -0.725. The lowest BCUT2D eigenvalue weighted by Gasteiger charge is -2.15. The number of hydrogen-bond donors (Lipinski definition) is 0. The number of methoxy groups -OCH3 is 1. The van der Waals surface area contributed by atoms with Gasteiger partial charge in [0.2, 0.25) is 0 Å². The number of esters is 1. The second kappa shape index (κ2) is 8.57. The summed E-state index contributed by atoms with van der Waals surface area (Å²) in [6, 6.07) is 11.2. The molecule has 8 heteroatoms. The van der Waals surface area contributed by atoms with E-state index < -0.39 is 17.6 Å². The molecule has 2 aromatic carbocycles. The predicted molar refractivity (Wildman–Crippen MR) is 107 cm³/mol. The van der Waals surface area contributed by atoms with E-state index in [1.165, 1.54) is 17.7 Å². The Morgan fingerprint density at radius 1 is 1.10 bits per heavy atom. The van der Waals surface area contributed by atoms with E-state index in [0.29, 0.717) is 16.9 Å². The van der Waals surface area contributed by atoms with Crippen LogP contribution < -0.4 is 10.3 Å². The topological polar surface area (TPSA) is 57.5 Å². The van der Waals surface area contributed by atoms with Gasteiger partial charge in [-0.2, -0.15) is 0 Å². The Morgan fingerprint density at radius 2 is 1.79 bits per heavy atom. The lowest BCUT2D eigenvalue weighted by Crippen LogP contribution is -2.22. The van der Waals surface area contributed by atoms with E-state index in [1.807, 2.05) is 0 Å². The first-order valence-corrected chi connectivity index (χ1v) is 9.28. The molecule has 0 aliphatic rings. The number of ether oxygens (including phenoxy) is 2. The van der Waals surface area contributed by atoms with E-state index in [0.717, 1.165) is 12.1 Å². The van der Waals surface area contributed by atoms with E-state index in [2.05, 4.69) is 20.7 Å². The minimum Gasteiger partial charge on any atom is -0.487 e. The van der Waals surface area contributed by atoms with Crippen molar-refractivity contribution in [1.29, 1.82) is 0 Å². The van der Waals surface area contributed by atoms with E-state index >= 15 is 0 Å². The summed E-state index contributed by atoms with van der Waals surface area (Å²) < 4.78 is 38.6. The second-order valence-electron chi connectivity index (χ2n) is 6.17. The van der Waals surface area contributed by atoms with Crippen LogP contribution in [0.4, 0.5) is 8.78 Å². The Morgan fingerprint density at radius 3 is 2.41 bits per heavy atom. The summed E-state index contributed by atoms with van der Waals surface area (Å²) >= 11 is 3.23. The van der Waals surface area contributed by atoms with Crippen LogP contribution in [0.3, 0.4) is 0 Å². The van der Waals surface area contributed by atoms with Gasteiger partial charge in [0.15, 0.2) is 0 Å². The van der Waals surface area contributed by atoms with E-state index in [-0.39, 0.29) is 28.0 Å². The first kappa shape index (κ1) is 20.7. The molecule has 0 spiro atoms. The van der Waals surface area contributed by atoms with Crippen LogP contribution in [0.1, 0.15) is 21.6 Å². The molecule has 0 saturated heterocycles. The highest BCUT2D eigenvalue weighted by Gasteiger charge is 2.15. The van der Waals surface area contributed by atoms with Gasteiger partial charge in [0, 0.05) is 29.1 Å². The van der Waals surface area contributed by atoms with Gasteiger partial charge in [0.25, 0.3) is 5.56 Å². The van der Waals surface area contributed by atoms with Crippen LogP contribution in [0.15, 0.2) is 57.8 Å². The smallest absolute Gasteiger partial charge is 0.337 e. The highest BCUT2D eigenvalue weighted by Crippen LogP contribution is 2.25. The Balaban J connectivity index is 1.90. The van der Waals surface area contributed by atoms with Crippen molar-refractivity contribution >= 4 is 21.9 Å². The van der Waals surface area contributed by atoms with Crippen molar-refractivity contribution in [2.75, 3.05) is 7.11 Å². The number of rotatable bonds is 5. The number of pyridine rings is 1. The average molecular weight is 464 g/mol. The van der Waals surface area contributed by atoms with Gasteiger partial charge in [0.05, 0.1) is 12.7 Å². The van der Waals surface area contributed by atoms with Crippen LogP contribution in [0.5, 0.6) is 5.75 Å². The van der Waals surface area contributed by atoms with E-state index in [9.17, 15) is 18.4 Å². The van der Waals surface area contributed by atoms with Crippen LogP contribution in [-0.2, 0) is 11.3 Å². The standard InChI is InChI=1S/C21H16BrF2NO4/c1-12-9-18(29-11-14-3-6-15(23)10-17(14)24)19(22)20(26)25(12)16-7-4-13(5-8-16)21(27)28-2/h3-10H,11H2,1-2H3. The maximum absolute atomic E-state index is 13.8. The van der Waals surface area contributed by atoms with Crippen molar-refractivity contribution in [3.05, 3.63) is 91.8 Å². The first-order chi connectivity index (χ1) is 13.8. The fourth-order valence-corrected chi connectivity index (χ4v) is 3.17. The van der Waals surface area contributed by atoms with Gasteiger partial charge in [0.1, 0.15) is 28.5 Å². The molecule has 5 nitrogen and oxygen atoms in total. The second-order valence-corrected chi connectivity index (χ2v) is 6.96. The number of aromatic nitrogens is 1. The summed E-state index contributed by atoms with van der Waals surface area (Å²) in [4.78, 5) is 24.4. The number of benzene rings is 2. The SMILES string of the molecule is COC(=O)c1ccc(-n2c(C)cc(OCc3ccc(F)cc3F)c(Br)c2=O)cc1. The monoisotopic (exact) mass is 463 g/mol.